The molecule has 7 heteroatoms. The SMILES string of the molecule is Cc1cc(Cl)c(C(C)O)cc1NC(=O)N1C=CC(=O)CC1c1ccc(F)cc1. The first-order valence-electron chi connectivity index (χ1n) is 8.80. The molecule has 28 heavy (non-hydrogen) atoms. The lowest BCUT2D eigenvalue weighted by Gasteiger charge is -2.31. The van der Waals surface area contributed by atoms with E-state index in [0.29, 0.717) is 21.8 Å². The first kappa shape index (κ1) is 20.0. The number of hydrogen-bond acceptors (Lipinski definition) is 3. The van der Waals surface area contributed by atoms with Crippen molar-refractivity contribution in [2.75, 3.05) is 5.32 Å². The van der Waals surface area contributed by atoms with E-state index >= 15 is 0 Å². The molecule has 1 aliphatic heterocycles. The lowest BCUT2D eigenvalue weighted by atomic mass is 9.97. The minimum atomic E-state index is -0.789. The van der Waals surface area contributed by atoms with Crippen LogP contribution in [0.5, 0.6) is 0 Å². The summed E-state index contributed by atoms with van der Waals surface area (Å²) in [6.45, 7) is 3.38. The molecular weight excluding hydrogens is 383 g/mol. The van der Waals surface area contributed by atoms with Crippen LogP contribution in [0, 0.1) is 12.7 Å². The molecule has 0 saturated carbocycles. The third kappa shape index (κ3) is 4.24. The van der Waals surface area contributed by atoms with Gasteiger partial charge in [-0.15, -0.1) is 0 Å². The van der Waals surface area contributed by atoms with Crippen molar-refractivity contribution in [1.29, 1.82) is 0 Å². The van der Waals surface area contributed by atoms with Crippen LogP contribution in [0.15, 0.2) is 48.7 Å². The van der Waals surface area contributed by atoms with E-state index in [0.717, 1.165) is 5.56 Å². The normalized spacial score (nSPS) is 17.5. The molecule has 0 aromatic heterocycles. The van der Waals surface area contributed by atoms with E-state index in [-0.39, 0.29) is 18.0 Å². The second-order valence-electron chi connectivity index (χ2n) is 6.76. The van der Waals surface area contributed by atoms with Crippen molar-refractivity contribution in [2.45, 2.75) is 32.4 Å². The van der Waals surface area contributed by atoms with Gasteiger partial charge >= 0.3 is 6.03 Å². The molecule has 0 radical (unpaired) electrons. The molecular formula is C21H20ClFN2O3. The topological polar surface area (TPSA) is 69.6 Å². The molecule has 146 valence electrons. The number of ketones is 1. The van der Waals surface area contributed by atoms with Crippen molar-refractivity contribution in [2.24, 2.45) is 0 Å². The molecule has 2 N–H and O–H groups in total. The zero-order chi connectivity index (χ0) is 20.4. The van der Waals surface area contributed by atoms with Crippen molar-refractivity contribution in [3.8, 4) is 0 Å². The molecule has 2 aromatic rings. The Kier molecular flexibility index (Phi) is 5.82. The van der Waals surface area contributed by atoms with E-state index in [4.69, 9.17) is 11.6 Å². The number of benzene rings is 2. The van der Waals surface area contributed by atoms with Crippen LogP contribution in [0.3, 0.4) is 0 Å². The third-order valence-corrected chi connectivity index (χ3v) is 5.00. The summed E-state index contributed by atoms with van der Waals surface area (Å²) >= 11 is 6.15. The minimum absolute atomic E-state index is 0.105. The maximum absolute atomic E-state index is 13.2. The van der Waals surface area contributed by atoms with E-state index in [1.807, 2.05) is 0 Å². The van der Waals surface area contributed by atoms with Crippen LogP contribution < -0.4 is 5.32 Å². The van der Waals surface area contributed by atoms with Crippen LogP contribution in [-0.2, 0) is 4.79 Å². The predicted molar refractivity (Wildman–Crippen MR) is 106 cm³/mol. The molecule has 0 fully saturated rings. The first-order valence-corrected chi connectivity index (χ1v) is 9.18. The number of halogens is 2. The highest BCUT2D eigenvalue weighted by atomic mass is 35.5. The Labute approximate surface area is 167 Å². The first-order chi connectivity index (χ1) is 13.3. The molecule has 1 heterocycles. The fourth-order valence-corrected chi connectivity index (χ4v) is 3.50. The Balaban J connectivity index is 1.89. The number of aryl methyl sites for hydroxylation is 1. The van der Waals surface area contributed by atoms with Crippen LogP contribution in [0.25, 0.3) is 0 Å². The van der Waals surface area contributed by atoms with Crippen LogP contribution in [0.4, 0.5) is 14.9 Å². The summed E-state index contributed by atoms with van der Waals surface area (Å²) in [5, 5.41) is 13.1. The molecule has 2 unspecified atom stereocenters. The predicted octanol–water partition coefficient (Wildman–Crippen LogP) is 4.90. The molecule has 2 atom stereocenters. The Morgan fingerprint density at radius 3 is 2.64 bits per heavy atom. The fourth-order valence-electron chi connectivity index (χ4n) is 3.12. The number of amides is 2. The summed E-state index contributed by atoms with van der Waals surface area (Å²) in [5.41, 5.74) is 2.40. The maximum Gasteiger partial charge on any atom is 0.326 e. The van der Waals surface area contributed by atoms with Gasteiger partial charge < -0.3 is 10.4 Å². The van der Waals surface area contributed by atoms with Crippen molar-refractivity contribution < 1.29 is 19.1 Å². The number of aliphatic hydroxyl groups excluding tert-OH is 1. The van der Waals surface area contributed by atoms with Gasteiger partial charge in [-0.3, -0.25) is 9.69 Å². The lowest BCUT2D eigenvalue weighted by molar-refractivity contribution is -0.116. The smallest absolute Gasteiger partial charge is 0.326 e. The highest BCUT2D eigenvalue weighted by molar-refractivity contribution is 6.31. The summed E-state index contributed by atoms with van der Waals surface area (Å²) in [4.78, 5) is 26.2. The van der Waals surface area contributed by atoms with Crippen molar-refractivity contribution in [3.05, 3.63) is 76.2 Å². The molecule has 2 amide bonds. The van der Waals surface area contributed by atoms with Gasteiger partial charge in [0.1, 0.15) is 5.82 Å². The number of anilines is 1. The van der Waals surface area contributed by atoms with Crippen molar-refractivity contribution in [1.82, 2.24) is 4.90 Å². The highest BCUT2D eigenvalue weighted by Gasteiger charge is 2.29. The van der Waals surface area contributed by atoms with Gasteiger partial charge in [-0.2, -0.15) is 0 Å². The van der Waals surface area contributed by atoms with Gasteiger partial charge in [0, 0.05) is 28.9 Å². The summed E-state index contributed by atoms with van der Waals surface area (Å²) in [6, 6.07) is 8.04. The number of rotatable bonds is 3. The van der Waals surface area contributed by atoms with Gasteiger partial charge in [0.2, 0.25) is 0 Å². The van der Waals surface area contributed by atoms with Crippen LogP contribution >= 0.6 is 11.6 Å². The summed E-state index contributed by atoms with van der Waals surface area (Å²) in [6.07, 6.45) is 2.09. The Hall–Kier alpha value is -2.70. The van der Waals surface area contributed by atoms with E-state index in [2.05, 4.69) is 5.32 Å². The number of nitrogens with one attached hydrogen (secondary N) is 1. The standard InChI is InChI=1S/C21H20ClFN2O3/c1-12-9-18(22)17(13(2)26)11-19(12)24-21(28)25-8-7-16(27)10-20(25)14-3-5-15(23)6-4-14/h3-9,11,13,20,26H,10H2,1-2H3,(H,24,28). The zero-order valence-electron chi connectivity index (χ0n) is 15.4. The maximum atomic E-state index is 13.2. The van der Waals surface area contributed by atoms with Gasteiger partial charge in [0.25, 0.3) is 0 Å². The average Bonchev–Trinajstić information content (AvgIpc) is 2.64. The van der Waals surface area contributed by atoms with Gasteiger partial charge in [0.15, 0.2) is 5.78 Å². The van der Waals surface area contributed by atoms with E-state index in [1.54, 1.807) is 38.1 Å². The average molecular weight is 403 g/mol. The minimum Gasteiger partial charge on any atom is -0.389 e. The number of hydrogen-bond donors (Lipinski definition) is 2. The molecule has 0 aliphatic carbocycles. The highest BCUT2D eigenvalue weighted by Crippen LogP contribution is 2.32. The quantitative estimate of drug-likeness (QED) is 0.766. The Bertz CT molecular complexity index is 941. The largest absolute Gasteiger partial charge is 0.389 e. The van der Waals surface area contributed by atoms with E-state index in [9.17, 15) is 19.1 Å². The second kappa shape index (κ2) is 8.12. The second-order valence-corrected chi connectivity index (χ2v) is 7.16. The van der Waals surface area contributed by atoms with Crippen LogP contribution in [0.2, 0.25) is 5.02 Å². The summed E-state index contributed by atoms with van der Waals surface area (Å²) < 4.78 is 13.2. The molecule has 0 bridgehead atoms. The molecule has 1 aliphatic rings. The molecule has 5 nitrogen and oxygen atoms in total. The van der Waals surface area contributed by atoms with Crippen molar-refractivity contribution in [3.63, 3.8) is 0 Å². The number of carbonyl (C=O) groups is 2. The van der Waals surface area contributed by atoms with Crippen LogP contribution in [0.1, 0.15) is 42.2 Å². The van der Waals surface area contributed by atoms with Gasteiger partial charge in [-0.1, -0.05) is 23.7 Å². The van der Waals surface area contributed by atoms with E-state index in [1.165, 1.54) is 29.3 Å². The van der Waals surface area contributed by atoms with E-state index < -0.39 is 18.2 Å². The Morgan fingerprint density at radius 2 is 2.00 bits per heavy atom. The van der Waals surface area contributed by atoms with Gasteiger partial charge in [0.05, 0.1) is 12.1 Å². The third-order valence-electron chi connectivity index (χ3n) is 4.68. The number of aliphatic hydroxyl groups is 1. The van der Waals surface area contributed by atoms with Gasteiger partial charge in [-0.25, -0.2) is 9.18 Å². The lowest BCUT2D eigenvalue weighted by Crippen LogP contribution is -2.37. The molecule has 3 rings (SSSR count). The number of nitrogens with zero attached hydrogens (tertiary/aromatic N) is 1. The Morgan fingerprint density at radius 1 is 1.32 bits per heavy atom. The molecule has 0 saturated heterocycles. The van der Waals surface area contributed by atoms with Crippen molar-refractivity contribution >= 4 is 29.1 Å². The monoisotopic (exact) mass is 402 g/mol. The summed E-state index contributed by atoms with van der Waals surface area (Å²) in [7, 11) is 0. The molecule has 2 aromatic carbocycles. The molecule has 0 spiro atoms. The zero-order valence-corrected chi connectivity index (χ0v) is 16.2. The number of carbonyl (C=O) groups excluding carboxylic acids is 2. The van der Waals surface area contributed by atoms with Gasteiger partial charge in [-0.05, 0) is 55.3 Å². The number of allylic oxidation sites excluding steroid dienone is 1. The number of urea groups is 1. The fraction of sp³-hybridized carbons (Fsp3) is 0.238. The van der Waals surface area contributed by atoms with Crippen LogP contribution in [-0.4, -0.2) is 21.8 Å². The summed E-state index contributed by atoms with van der Waals surface area (Å²) in [5.74, 6) is -0.502.